The van der Waals surface area contributed by atoms with Crippen LogP contribution in [0.3, 0.4) is 0 Å². The molecule has 1 N–H and O–H groups in total. The van der Waals surface area contributed by atoms with Gasteiger partial charge in [-0.15, -0.1) is 0 Å². The molecule has 8 nitrogen and oxygen atoms in total. The first-order valence-electron chi connectivity index (χ1n) is 7.10. The molecule has 0 spiro atoms. The molecule has 1 amide bonds. The number of hydrogen-bond donors (Lipinski definition) is 1. The summed E-state index contributed by atoms with van der Waals surface area (Å²) in [4.78, 5) is 22.3. The zero-order valence-electron chi connectivity index (χ0n) is 12.8. The number of nitrogens with zero attached hydrogens (tertiary/aromatic N) is 1. The fraction of sp³-hybridized carbons (Fsp3) is 0.188. The van der Waals surface area contributed by atoms with Crippen molar-refractivity contribution in [1.29, 1.82) is 0 Å². The van der Waals surface area contributed by atoms with Crippen LogP contribution in [-0.2, 0) is 4.79 Å². The molecule has 0 atom stereocenters. The fourth-order valence-electron chi connectivity index (χ4n) is 2.16. The molecule has 2 aromatic carbocycles. The van der Waals surface area contributed by atoms with E-state index in [4.69, 9.17) is 14.2 Å². The minimum Gasteiger partial charge on any atom is -0.484 e. The number of rotatable bonds is 5. The number of anilines is 1. The van der Waals surface area contributed by atoms with Crippen LogP contribution in [0, 0.1) is 17.0 Å². The molecule has 0 saturated heterocycles. The second kappa shape index (κ2) is 6.45. The predicted octanol–water partition coefficient (Wildman–Crippen LogP) is 2.65. The maximum absolute atomic E-state index is 12.0. The van der Waals surface area contributed by atoms with Crippen LogP contribution in [0.25, 0.3) is 0 Å². The molecule has 0 radical (unpaired) electrons. The highest BCUT2D eigenvalue weighted by Gasteiger charge is 2.15. The van der Waals surface area contributed by atoms with E-state index in [2.05, 4.69) is 5.32 Å². The van der Waals surface area contributed by atoms with Crippen molar-refractivity contribution in [3.63, 3.8) is 0 Å². The average molecular weight is 330 g/mol. The van der Waals surface area contributed by atoms with Crippen LogP contribution < -0.4 is 19.5 Å². The molecule has 0 aromatic heterocycles. The van der Waals surface area contributed by atoms with Crippen LogP contribution in [0.1, 0.15) is 5.56 Å². The van der Waals surface area contributed by atoms with Gasteiger partial charge in [-0.1, -0.05) is 6.07 Å². The van der Waals surface area contributed by atoms with E-state index in [9.17, 15) is 14.9 Å². The smallest absolute Gasteiger partial charge is 0.271 e. The molecule has 0 unspecified atom stereocenters. The van der Waals surface area contributed by atoms with E-state index in [-0.39, 0.29) is 19.1 Å². The molecule has 24 heavy (non-hydrogen) atoms. The third-order valence-electron chi connectivity index (χ3n) is 3.42. The third kappa shape index (κ3) is 3.37. The van der Waals surface area contributed by atoms with Gasteiger partial charge in [-0.3, -0.25) is 14.9 Å². The molecule has 3 rings (SSSR count). The Morgan fingerprint density at radius 1 is 1.25 bits per heavy atom. The van der Waals surface area contributed by atoms with Gasteiger partial charge in [-0.2, -0.15) is 0 Å². The topological polar surface area (TPSA) is 99.9 Å². The number of hydrogen-bond acceptors (Lipinski definition) is 6. The zero-order valence-corrected chi connectivity index (χ0v) is 12.8. The minimum absolute atomic E-state index is 0.0902. The number of amides is 1. The van der Waals surface area contributed by atoms with Gasteiger partial charge in [-0.05, 0) is 24.6 Å². The van der Waals surface area contributed by atoms with Gasteiger partial charge in [0.1, 0.15) is 5.75 Å². The number of carbonyl (C=O) groups excluding carboxylic acids is 1. The standard InChI is InChI=1S/C16H14N2O6/c1-10-2-3-11(18(20)21)6-13(10)17-16(19)8-22-12-4-5-14-15(7-12)24-9-23-14/h2-7H,8-9H2,1H3,(H,17,19). The quantitative estimate of drug-likeness (QED) is 0.668. The lowest BCUT2D eigenvalue weighted by atomic mass is 10.2. The van der Waals surface area contributed by atoms with Crippen molar-refractivity contribution in [2.24, 2.45) is 0 Å². The normalized spacial score (nSPS) is 11.9. The van der Waals surface area contributed by atoms with Gasteiger partial charge in [0.25, 0.3) is 11.6 Å². The van der Waals surface area contributed by atoms with Crippen molar-refractivity contribution in [2.75, 3.05) is 18.7 Å². The summed E-state index contributed by atoms with van der Waals surface area (Å²) in [6, 6.07) is 9.27. The predicted molar refractivity (Wildman–Crippen MR) is 84.5 cm³/mol. The number of nitro benzene ring substituents is 1. The number of nitrogens with one attached hydrogen (secondary N) is 1. The van der Waals surface area contributed by atoms with Crippen LogP contribution in [-0.4, -0.2) is 24.2 Å². The zero-order chi connectivity index (χ0) is 17.1. The average Bonchev–Trinajstić information content (AvgIpc) is 3.02. The molecule has 0 saturated carbocycles. The van der Waals surface area contributed by atoms with E-state index in [1.165, 1.54) is 12.1 Å². The molecule has 124 valence electrons. The maximum atomic E-state index is 12.0. The lowest BCUT2D eigenvalue weighted by Crippen LogP contribution is -2.20. The first kappa shape index (κ1) is 15.6. The largest absolute Gasteiger partial charge is 0.484 e. The van der Waals surface area contributed by atoms with E-state index in [1.807, 2.05) is 0 Å². The first-order chi connectivity index (χ1) is 11.5. The van der Waals surface area contributed by atoms with Crippen LogP contribution in [0.2, 0.25) is 0 Å². The Morgan fingerprint density at radius 2 is 2.04 bits per heavy atom. The number of aryl methyl sites for hydroxylation is 1. The van der Waals surface area contributed by atoms with E-state index in [0.717, 1.165) is 5.56 Å². The molecule has 1 heterocycles. The molecule has 0 bridgehead atoms. The van der Waals surface area contributed by atoms with E-state index < -0.39 is 10.8 Å². The Bertz CT molecular complexity index is 805. The fourth-order valence-corrected chi connectivity index (χ4v) is 2.16. The Kier molecular flexibility index (Phi) is 4.19. The van der Waals surface area contributed by atoms with Gasteiger partial charge in [-0.25, -0.2) is 0 Å². The Hall–Kier alpha value is -3.29. The number of nitro groups is 1. The highest BCUT2D eigenvalue weighted by molar-refractivity contribution is 5.93. The lowest BCUT2D eigenvalue weighted by Gasteiger charge is -2.10. The monoisotopic (exact) mass is 330 g/mol. The summed E-state index contributed by atoms with van der Waals surface area (Å²) in [7, 11) is 0. The highest BCUT2D eigenvalue weighted by atomic mass is 16.7. The van der Waals surface area contributed by atoms with Crippen molar-refractivity contribution in [1.82, 2.24) is 0 Å². The van der Waals surface area contributed by atoms with Gasteiger partial charge < -0.3 is 19.5 Å². The van der Waals surface area contributed by atoms with Crippen molar-refractivity contribution >= 4 is 17.3 Å². The third-order valence-corrected chi connectivity index (χ3v) is 3.42. The van der Waals surface area contributed by atoms with E-state index in [1.54, 1.807) is 31.2 Å². The number of fused-ring (bicyclic) bond motifs is 1. The summed E-state index contributed by atoms with van der Waals surface area (Å²) < 4.78 is 15.8. The first-order valence-corrected chi connectivity index (χ1v) is 7.10. The molecule has 0 fully saturated rings. The Morgan fingerprint density at radius 3 is 2.83 bits per heavy atom. The summed E-state index contributed by atoms with van der Waals surface area (Å²) >= 11 is 0. The van der Waals surface area contributed by atoms with Crippen LogP contribution in [0.5, 0.6) is 17.2 Å². The van der Waals surface area contributed by atoms with Crippen molar-refractivity contribution in [3.05, 3.63) is 52.1 Å². The van der Waals surface area contributed by atoms with Gasteiger partial charge >= 0.3 is 0 Å². The molecule has 0 aliphatic carbocycles. The van der Waals surface area contributed by atoms with E-state index in [0.29, 0.717) is 22.9 Å². The summed E-state index contributed by atoms with van der Waals surface area (Å²) in [5, 5.41) is 13.4. The SMILES string of the molecule is Cc1ccc([N+](=O)[O-])cc1NC(=O)COc1ccc2c(c1)OCO2. The van der Waals surface area contributed by atoms with Crippen molar-refractivity contribution < 1.29 is 23.9 Å². The minimum atomic E-state index is -0.516. The van der Waals surface area contributed by atoms with Crippen LogP contribution in [0.15, 0.2) is 36.4 Å². The molecule has 1 aliphatic heterocycles. The molecular formula is C16H14N2O6. The van der Waals surface area contributed by atoms with Crippen LogP contribution in [0.4, 0.5) is 11.4 Å². The maximum Gasteiger partial charge on any atom is 0.271 e. The van der Waals surface area contributed by atoms with Gasteiger partial charge in [0.15, 0.2) is 18.1 Å². The van der Waals surface area contributed by atoms with Crippen molar-refractivity contribution in [2.45, 2.75) is 6.92 Å². The number of benzene rings is 2. The molecule has 8 heteroatoms. The highest BCUT2D eigenvalue weighted by Crippen LogP contribution is 2.35. The van der Waals surface area contributed by atoms with Gasteiger partial charge in [0.2, 0.25) is 6.79 Å². The Balaban J connectivity index is 1.62. The summed E-state index contributed by atoms with van der Waals surface area (Å²) in [5.41, 5.74) is 1.01. The van der Waals surface area contributed by atoms with E-state index >= 15 is 0 Å². The van der Waals surface area contributed by atoms with Gasteiger partial charge in [0.05, 0.1) is 10.6 Å². The Labute approximate surface area is 137 Å². The number of non-ortho nitro benzene ring substituents is 1. The van der Waals surface area contributed by atoms with Crippen molar-refractivity contribution in [3.8, 4) is 17.2 Å². The molecule has 2 aromatic rings. The summed E-state index contributed by atoms with van der Waals surface area (Å²) in [5.74, 6) is 1.22. The summed E-state index contributed by atoms with van der Waals surface area (Å²) in [6.45, 7) is 1.67. The molecular weight excluding hydrogens is 316 g/mol. The van der Waals surface area contributed by atoms with Gasteiger partial charge in [0, 0.05) is 18.2 Å². The lowest BCUT2D eigenvalue weighted by molar-refractivity contribution is -0.384. The second-order valence-corrected chi connectivity index (χ2v) is 5.11. The second-order valence-electron chi connectivity index (χ2n) is 5.11. The number of carbonyl (C=O) groups is 1. The van der Waals surface area contributed by atoms with Crippen LogP contribution >= 0.6 is 0 Å². The molecule has 1 aliphatic rings. The number of ether oxygens (including phenoxy) is 3. The summed E-state index contributed by atoms with van der Waals surface area (Å²) in [6.07, 6.45) is 0.